The van der Waals surface area contributed by atoms with Crippen LogP contribution in [0.25, 0.3) is 0 Å². The molecule has 2 rings (SSSR count). The highest BCUT2D eigenvalue weighted by Crippen LogP contribution is 2.33. The van der Waals surface area contributed by atoms with Crippen LogP contribution in [0.4, 0.5) is 5.69 Å². The first-order valence-electron chi connectivity index (χ1n) is 7.61. The van der Waals surface area contributed by atoms with Crippen LogP contribution in [-0.4, -0.2) is 20.1 Å². The topological polar surface area (TPSA) is 47.6 Å². The zero-order valence-corrected chi connectivity index (χ0v) is 14.3. The van der Waals surface area contributed by atoms with Crippen LogP contribution in [-0.2, 0) is 0 Å². The highest BCUT2D eigenvalue weighted by atomic mass is 16.5. The minimum absolute atomic E-state index is 0.211. The predicted octanol–water partition coefficient (Wildman–Crippen LogP) is 4.39. The Kier molecular flexibility index (Phi) is 5.27. The number of anilines is 1. The van der Waals surface area contributed by atoms with Gasteiger partial charge in [0.1, 0.15) is 0 Å². The first-order chi connectivity index (χ1) is 11.0. The molecule has 4 heteroatoms. The lowest BCUT2D eigenvalue weighted by atomic mass is 9.98. The number of carbonyl (C=O) groups excluding carboxylic acids is 1. The van der Waals surface area contributed by atoms with Gasteiger partial charge in [-0.05, 0) is 36.1 Å². The largest absolute Gasteiger partial charge is 0.493 e. The van der Waals surface area contributed by atoms with Gasteiger partial charge in [-0.1, -0.05) is 38.1 Å². The van der Waals surface area contributed by atoms with Crippen LogP contribution in [0.15, 0.2) is 36.4 Å². The average molecular weight is 313 g/mol. The van der Waals surface area contributed by atoms with E-state index in [1.165, 1.54) is 7.11 Å². The van der Waals surface area contributed by atoms with Gasteiger partial charge < -0.3 is 14.8 Å². The van der Waals surface area contributed by atoms with E-state index in [1.54, 1.807) is 25.3 Å². The molecule has 1 amide bonds. The summed E-state index contributed by atoms with van der Waals surface area (Å²) in [7, 11) is 3.08. The van der Waals surface area contributed by atoms with Gasteiger partial charge in [-0.15, -0.1) is 0 Å². The molecule has 0 saturated heterocycles. The van der Waals surface area contributed by atoms with E-state index in [9.17, 15) is 4.79 Å². The molecular formula is C19H23NO3. The number of rotatable bonds is 5. The van der Waals surface area contributed by atoms with Gasteiger partial charge in [-0.2, -0.15) is 0 Å². The second-order valence-electron chi connectivity index (χ2n) is 5.69. The Bertz CT molecular complexity index is 708. The molecule has 0 aliphatic heterocycles. The standard InChI is InChI=1S/C19H23NO3/c1-12(2)14-9-6-8-13(3)17(14)20-19(21)15-10-7-11-16(22-4)18(15)23-5/h6-12H,1-5H3,(H,20,21). The molecule has 23 heavy (non-hydrogen) atoms. The first-order valence-corrected chi connectivity index (χ1v) is 7.61. The third-order valence-electron chi connectivity index (χ3n) is 3.81. The molecule has 2 aromatic rings. The summed E-state index contributed by atoms with van der Waals surface area (Å²) < 4.78 is 10.6. The third kappa shape index (κ3) is 3.47. The van der Waals surface area contributed by atoms with E-state index in [0.29, 0.717) is 23.0 Å². The van der Waals surface area contributed by atoms with E-state index >= 15 is 0 Å². The zero-order chi connectivity index (χ0) is 17.0. The average Bonchev–Trinajstić information content (AvgIpc) is 2.55. The van der Waals surface area contributed by atoms with E-state index in [0.717, 1.165) is 16.8 Å². The summed E-state index contributed by atoms with van der Waals surface area (Å²) in [5.74, 6) is 1.08. The Morgan fingerprint density at radius 1 is 1.04 bits per heavy atom. The van der Waals surface area contributed by atoms with Crippen LogP contribution in [0, 0.1) is 6.92 Å². The fourth-order valence-electron chi connectivity index (χ4n) is 2.59. The van der Waals surface area contributed by atoms with Crippen molar-refractivity contribution in [1.29, 1.82) is 0 Å². The number of ether oxygens (including phenoxy) is 2. The second-order valence-corrected chi connectivity index (χ2v) is 5.69. The lowest BCUT2D eigenvalue weighted by molar-refractivity contribution is 0.102. The Hall–Kier alpha value is -2.49. The van der Waals surface area contributed by atoms with Crippen molar-refractivity contribution in [2.45, 2.75) is 26.7 Å². The summed E-state index contributed by atoms with van der Waals surface area (Å²) in [5, 5.41) is 3.03. The minimum Gasteiger partial charge on any atom is -0.493 e. The number of methoxy groups -OCH3 is 2. The molecule has 122 valence electrons. The van der Waals surface area contributed by atoms with Crippen molar-refractivity contribution in [3.05, 3.63) is 53.1 Å². The van der Waals surface area contributed by atoms with Gasteiger partial charge in [0.25, 0.3) is 5.91 Å². The Balaban J connectivity index is 2.41. The van der Waals surface area contributed by atoms with E-state index in [4.69, 9.17) is 9.47 Å². The normalized spacial score (nSPS) is 10.5. The van der Waals surface area contributed by atoms with Crippen LogP contribution in [0.3, 0.4) is 0 Å². The molecule has 0 radical (unpaired) electrons. The van der Waals surface area contributed by atoms with Crippen molar-refractivity contribution < 1.29 is 14.3 Å². The van der Waals surface area contributed by atoms with Crippen molar-refractivity contribution in [2.75, 3.05) is 19.5 Å². The predicted molar refractivity (Wildman–Crippen MR) is 92.8 cm³/mol. The van der Waals surface area contributed by atoms with Gasteiger partial charge in [-0.3, -0.25) is 4.79 Å². The summed E-state index contributed by atoms with van der Waals surface area (Å²) in [6.07, 6.45) is 0. The number of hydrogen-bond donors (Lipinski definition) is 1. The number of hydrogen-bond acceptors (Lipinski definition) is 3. The number of para-hydroxylation sites is 2. The maximum atomic E-state index is 12.7. The van der Waals surface area contributed by atoms with Crippen LogP contribution in [0.5, 0.6) is 11.5 Å². The number of amides is 1. The molecule has 0 bridgehead atoms. The highest BCUT2D eigenvalue weighted by Gasteiger charge is 2.18. The van der Waals surface area contributed by atoms with Crippen molar-refractivity contribution >= 4 is 11.6 Å². The molecule has 0 unspecified atom stereocenters. The van der Waals surface area contributed by atoms with Gasteiger partial charge in [0.05, 0.1) is 19.8 Å². The van der Waals surface area contributed by atoms with Crippen LogP contribution in [0.1, 0.15) is 41.3 Å². The Labute approximate surface area is 137 Å². The van der Waals surface area contributed by atoms with Crippen molar-refractivity contribution in [3.8, 4) is 11.5 Å². The maximum Gasteiger partial charge on any atom is 0.259 e. The highest BCUT2D eigenvalue weighted by molar-refractivity contribution is 6.07. The molecule has 0 spiro atoms. The number of nitrogens with one attached hydrogen (secondary N) is 1. The lowest BCUT2D eigenvalue weighted by Gasteiger charge is -2.18. The summed E-state index contributed by atoms with van der Waals surface area (Å²) in [6.45, 7) is 6.21. The molecule has 0 aromatic heterocycles. The molecule has 4 nitrogen and oxygen atoms in total. The van der Waals surface area contributed by atoms with Crippen molar-refractivity contribution in [1.82, 2.24) is 0 Å². The van der Waals surface area contributed by atoms with Crippen molar-refractivity contribution in [3.63, 3.8) is 0 Å². The quantitative estimate of drug-likeness (QED) is 0.890. The summed E-state index contributed by atoms with van der Waals surface area (Å²) in [6, 6.07) is 11.3. The molecule has 0 aliphatic carbocycles. The third-order valence-corrected chi connectivity index (χ3v) is 3.81. The lowest BCUT2D eigenvalue weighted by Crippen LogP contribution is -2.16. The molecule has 0 aliphatic rings. The van der Waals surface area contributed by atoms with E-state index in [-0.39, 0.29) is 5.91 Å². The number of benzene rings is 2. The summed E-state index contributed by atoms with van der Waals surface area (Å²) in [5.41, 5.74) is 3.45. The molecule has 2 aromatic carbocycles. The molecule has 0 saturated carbocycles. The van der Waals surface area contributed by atoms with Gasteiger partial charge in [0, 0.05) is 5.69 Å². The van der Waals surface area contributed by atoms with Crippen LogP contribution >= 0.6 is 0 Å². The Morgan fingerprint density at radius 3 is 2.35 bits per heavy atom. The van der Waals surface area contributed by atoms with Gasteiger partial charge >= 0.3 is 0 Å². The molecule has 0 fully saturated rings. The van der Waals surface area contributed by atoms with E-state index in [1.807, 2.05) is 25.1 Å². The summed E-state index contributed by atoms with van der Waals surface area (Å²) in [4.78, 5) is 12.7. The molecule has 1 N–H and O–H groups in total. The Morgan fingerprint density at radius 2 is 1.74 bits per heavy atom. The van der Waals surface area contributed by atoms with Crippen molar-refractivity contribution in [2.24, 2.45) is 0 Å². The minimum atomic E-state index is -0.211. The first kappa shape index (κ1) is 16.9. The van der Waals surface area contributed by atoms with Crippen LogP contribution in [0.2, 0.25) is 0 Å². The SMILES string of the molecule is COc1cccc(C(=O)Nc2c(C)cccc2C(C)C)c1OC. The van der Waals surface area contributed by atoms with E-state index < -0.39 is 0 Å². The summed E-state index contributed by atoms with van der Waals surface area (Å²) >= 11 is 0. The van der Waals surface area contributed by atoms with E-state index in [2.05, 4.69) is 19.2 Å². The molecular weight excluding hydrogens is 290 g/mol. The molecule has 0 heterocycles. The monoisotopic (exact) mass is 313 g/mol. The fourth-order valence-corrected chi connectivity index (χ4v) is 2.59. The molecule has 0 atom stereocenters. The van der Waals surface area contributed by atoms with Crippen LogP contribution < -0.4 is 14.8 Å². The van der Waals surface area contributed by atoms with Gasteiger partial charge in [0.15, 0.2) is 11.5 Å². The fraction of sp³-hybridized carbons (Fsp3) is 0.316. The number of carbonyl (C=O) groups is 1. The smallest absolute Gasteiger partial charge is 0.259 e. The van der Waals surface area contributed by atoms with Gasteiger partial charge in [-0.25, -0.2) is 0 Å². The zero-order valence-electron chi connectivity index (χ0n) is 14.3. The maximum absolute atomic E-state index is 12.7. The van der Waals surface area contributed by atoms with Gasteiger partial charge in [0.2, 0.25) is 0 Å². The second kappa shape index (κ2) is 7.18. The number of aryl methyl sites for hydroxylation is 1.